The summed E-state index contributed by atoms with van der Waals surface area (Å²) in [6, 6.07) is 4.83. The SMILES string of the molecule is O=[N+]([O-])c1ccc(Br)cc1CNc1nncs1. The Morgan fingerprint density at radius 2 is 2.35 bits per heavy atom. The van der Waals surface area contributed by atoms with Crippen molar-refractivity contribution in [2.24, 2.45) is 0 Å². The minimum atomic E-state index is -0.399. The van der Waals surface area contributed by atoms with Gasteiger partial charge in [-0.1, -0.05) is 27.3 Å². The second-order valence-electron chi connectivity index (χ2n) is 3.13. The summed E-state index contributed by atoms with van der Waals surface area (Å²) >= 11 is 4.63. The summed E-state index contributed by atoms with van der Waals surface area (Å²) in [6.45, 7) is 0.338. The number of nitro benzene ring substituents is 1. The van der Waals surface area contributed by atoms with Crippen LogP contribution in [0, 0.1) is 10.1 Å². The molecule has 0 unspecified atom stereocenters. The number of hydrogen-bond acceptors (Lipinski definition) is 6. The van der Waals surface area contributed by atoms with Gasteiger partial charge < -0.3 is 5.32 Å². The highest BCUT2D eigenvalue weighted by Crippen LogP contribution is 2.24. The maximum atomic E-state index is 10.8. The fraction of sp³-hybridized carbons (Fsp3) is 0.111. The van der Waals surface area contributed by atoms with Crippen LogP contribution >= 0.6 is 27.3 Å². The molecule has 17 heavy (non-hydrogen) atoms. The molecular weight excluding hydrogens is 308 g/mol. The summed E-state index contributed by atoms with van der Waals surface area (Å²) in [5.74, 6) is 0. The van der Waals surface area contributed by atoms with Crippen molar-refractivity contribution in [3.05, 3.63) is 43.9 Å². The molecule has 1 aromatic carbocycles. The van der Waals surface area contributed by atoms with E-state index in [2.05, 4.69) is 31.4 Å². The van der Waals surface area contributed by atoms with Crippen LogP contribution in [0.25, 0.3) is 0 Å². The van der Waals surface area contributed by atoms with Crippen molar-refractivity contribution in [3.63, 3.8) is 0 Å². The van der Waals surface area contributed by atoms with Crippen molar-refractivity contribution in [1.82, 2.24) is 10.2 Å². The molecule has 0 spiro atoms. The fourth-order valence-electron chi connectivity index (χ4n) is 1.29. The normalized spacial score (nSPS) is 10.2. The molecule has 1 aromatic heterocycles. The van der Waals surface area contributed by atoms with Crippen molar-refractivity contribution < 1.29 is 4.92 Å². The highest BCUT2D eigenvalue weighted by Gasteiger charge is 2.13. The number of anilines is 1. The minimum absolute atomic E-state index is 0.0882. The fourth-order valence-corrected chi connectivity index (χ4v) is 2.15. The van der Waals surface area contributed by atoms with Gasteiger partial charge >= 0.3 is 0 Å². The van der Waals surface area contributed by atoms with Gasteiger partial charge in [0.05, 0.1) is 10.5 Å². The van der Waals surface area contributed by atoms with E-state index in [-0.39, 0.29) is 5.69 Å². The second-order valence-corrected chi connectivity index (χ2v) is 4.88. The zero-order valence-electron chi connectivity index (χ0n) is 8.46. The summed E-state index contributed by atoms with van der Waals surface area (Å²) in [4.78, 5) is 10.4. The molecule has 0 amide bonds. The lowest BCUT2D eigenvalue weighted by atomic mass is 10.2. The molecule has 0 radical (unpaired) electrons. The van der Waals surface area contributed by atoms with Gasteiger partial charge in [0.25, 0.3) is 5.69 Å². The van der Waals surface area contributed by atoms with Crippen molar-refractivity contribution in [3.8, 4) is 0 Å². The van der Waals surface area contributed by atoms with Gasteiger partial charge in [-0.15, -0.1) is 10.2 Å². The lowest BCUT2D eigenvalue weighted by Gasteiger charge is -2.04. The molecule has 1 heterocycles. The van der Waals surface area contributed by atoms with Gasteiger partial charge in [0, 0.05) is 17.1 Å². The predicted molar refractivity (Wildman–Crippen MR) is 68.0 cm³/mol. The largest absolute Gasteiger partial charge is 0.356 e. The van der Waals surface area contributed by atoms with Gasteiger partial charge in [0.15, 0.2) is 0 Å². The molecule has 0 atom stereocenters. The number of rotatable bonds is 4. The third-order valence-corrected chi connectivity index (χ3v) is 3.17. The number of halogens is 1. The Hall–Kier alpha value is -1.54. The Morgan fingerprint density at radius 3 is 3.00 bits per heavy atom. The number of nitrogens with zero attached hydrogens (tertiary/aromatic N) is 3. The van der Waals surface area contributed by atoms with Crippen LogP contribution in [0.5, 0.6) is 0 Å². The molecule has 2 rings (SSSR count). The van der Waals surface area contributed by atoms with E-state index in [9.17, 15) is 10.1 Å². The maximum absolute atomic E-state index is 10.8. The van der Waals surface area contributed by atoms with Crippen molar-refractivity contribution in [1.29, 1.82) is 0 Å². The summed E-state index contributed by atoms with van der Waals surface area (Å²) < 4.78 is 0.803. The second kappa shape index (κ2) is 5.19. The number of aromatic nitrogens is 2. The molecular formula is C9H7BrN4O2S. The molecule has 88 valence electrons. The van der Waals surface area contributed by atoms with Crippen LogP contribution in [0.1, 0.15) is 5.56 Å². The number of hydrogen-bond donors (Lipinski definition) is 1. The highest BCUT2D eigenvalue weighted by atomic mass is 79.9. The standard InChI is InChI=1S/C9H7BrN4O2S/c10-7-1-2-8(14(15)16)6(3-7)4-11-9-13-12-5-17-9/h1-3,5H,4H2,(H,11,13). The summed E-state index contributed by atoms with van der Waals surface area (Å²) in [5, 5.41) is 21.9. The van der Waals surface area contributed by atoms with E-state index in [0.717, 1.165) is 4.47 Å². The van der Waals surface area contributed by atoms with Crippen LogP contribution in [0.2, 0.25) is 0 Å². The first kappa shape index (κ1) is 11.9. The first-order valence-corrected chi connectivity index (χ1v) is 6.27. The Balaban J connectivity index is 2.19. The van der Waals surface area contributed by atoms with Gasteiger partial charge in [0.1, 0.15) is 5.51 Å². The third kappa shape index (κ3) is 2.98. The molecule has 0 aliphatic heterocycles. The van der Waals surface area contributed by atoms with Crippen LogP contribution in [0.3, 0.4) is 0 Å². The molecule has 8 heteroatoms. The molecule has 0 aliphatic rings. The molecule has 0 aliphatic carbocycles. The van der Waals surface area contributed by atoms with Crippen LogP contribution in [-0.2, 0) is 6.54 Å². The molecule has 6 nitrogen and oxygen atoms in total. The van der Waals surface area contributed by atoms with E-state index < -0.39 is 4.92 Å². The van der Waals surface area contributed by atoms with E-state index >= 15 is 0 Å². The van der Waals surface area contributed by atoms with Gasteiger partial charge in [-0.2, -0.15) is 0 Å². The number of benzene rings is 1. The van der Waals surface area contributed by atoms with Crippen molar-refractivity contribution in [2.75, 3.05) is 5.32 Å². The van der Waals surface area contributed by atoms with Gasteiger partial charge in [0.2, 0.25) is 5.13 Å². The van der Waals surface area contributed by atoms with Gasteiger partial charge in [-0.3, -0.25) is 10.1 Å². The van der Waals surface area contributed by atoms with Crippen LogP contribution < -0.4 is 5.32 Å². The summed E-state index contributed by atoms with van der Waals surface area (Å²) in [6.07, 6.45) is 0. The Morgan fingerprint density at radius 1 is 1.53 bits per heavy atom. The third-order valence-electron chi connectivity index (χ3n) is 2.03. The van der Waals surface area contributed by atoms with E-state index in [1.807, 2.05) is 0 Å². The Bertz CT molecular complexity index is 532. The van der Waals surface area contributed by atoms with Crippen LogP contribution in [0.4, 0.5) is 10.8 Å². The van der Waals surface area contributed by atoms with E-state index in [0.29, 0.717) is 17.2 Å². The average molecular weight is 315 g/mol. The van der Waals surface area contributed by atoms with E-state index in [4.69, 9.17) is 0 Å². The molecule has 0 fully saturated rings. The molecule has 0 bridgehead atoms. The lowest BCUT2D eigenvalue weighted by molar-refractivity contribution is -0.385. The van der Waals surface area contributed by atoms with Crippen molar-refractivity contribution >= 4 is 38.1 Å². The number of nitrogens with one attached hydrogen (secondary N) is 1. The molecule has 2 aromatic rings. The van der Waals surface area contributed by atoms with E-state index in [1.165, 1.54) is 17.4 Å². The van der Waals surface area contributed by atoms with Crippen LogP contribution in [-0.4, -0.2) is 15.1 Å². The average Bonchev–Trinajstić information content (AvgIpc) is 2.78. The van der Waals surface area contributed by atoms with Crippen LogP contribution in [0.15, 0.2) is 28.2 Å². The van der Waals surface area contributed by atoms with E-state index in [1.54, 1.807) is 17.6 Å². The number of nitro groups is 1. The smallest absolute Gasteiger partial charge is 0.274 e. The summed E-state index contributed by atoms with van der Waals surface area (Å²) in [7, 11) is 0. The molecule has 0 saturated carbocycles. The quantitative estimate of drug-likeness (QED) is 0.693. The topological polar surface area (TPSA) is 81.0 Å². The lowest BCUT2D eigenvalue weighted by Crippen LogP contribution is -2.03. The highest BCUT2D eigenvalue weighted by molar-refractivity contribution is 9.10. The monoisotopic (exact) mass is 314 g/mol. The first-order valence-electron chi connectivity index (χ1n) is 4.59. The first-order chi connectivity index (χ1) is 8.16. The van der Waals surface area contributed by atoms with Gasteiger partial charge in [-0.05, 0) is 12.1 Å². The predicted octanol–water partition coefficient (Wildman–Crippen LogP) is 2.82. The molecule has 0 saturated heterocycles. The maximum Gasteiger partial charge on any atom is 0.274 e. The summed E-state index contributed by atoms with van der Waals surface area (Å²) in [5.41, 5.74) is 2.28. The Labute approximate surface area is 109 Å². The minimum Gasteiger partial charge on any atom is -0.356 e. The van der Waals surface area contributed by atoms with Crippen molar-refractivity contribution in [2.45, 2.75) is 6.54 Å². The molecule has 1 N–H and O–H groups in total. The zero-order chi connectivity index (χ0) is 12.3. The zero-order valence-corrected chi connectivity index (χ0v) is 10.9. The van der Waals surface area contributed by atoms with Gasteiger partial charge in [-0.25, -0.2) is 0 Å². The Kier molecular flexibility index (Phi) is 3.64.